The van der Waals surface area contributed by atoms with E-state index in [0.717, 1.165) is 31.6 Å². The zero-order valence-electron chi connectivity index (χ0n) is 13.2. The van der Waals surface area contributed by atoms with E-state index in [2.05, 4.69) is 17.6 Å². The van der Waals surface area contributed by atoms with Crippen molar-refractivity contribution in [1.29, 1.82) is 0 Å². The van der Waals surface area contributed by atoms with Gasteiger partial charge in [-0.25, -0.2) is 4.39 Å². The van der Waals surface area contributed by atoms with Crippen molar-refractivity contribution in [3.63, 3.8) is 0 Å². The summed E-state index contributed by atoms with van der Waals surface area (Å²) in [4.78, 5) is 13.6. The van der Waals surface area contributed by atoms with Gasteiger partial charge in [0.1, 0.15) is 5.82 Å². The number of hydrogen-bond donors (Lipinski definition) is 2. The number of nitrogens with one attached hydrogen (secondary N) is 2. The first-order chi connectivity index (χ1) is 10.1. The van der Waals surface area contributed by atoms with Gasteiger partial charge in [0.2, 0.25) is 5.91 Å². The molecule has 0 atom stereocenters. The van der Waals surface area contributed by atoms with Gasteiger partial charge < -0.3 is 15.5 Å². The number of benzene rings is 1. The average Bonchev–Trinajstić information content (AvgIpc) is 2.48. The lowest BCUT2D eigenvalue weighted by Gasteiger charge is -2.26. The first-order valence-corrected chi connectivity index (χ1v) is 7.57. The minimum absolute atomic E-state index is 0.0693. The maximum atomic E-state index is 14.1. The SMILES string of the molecule is CCCNCc1c(F)cccc1N(CCC)CC(=O)NC. The van der Waals surface area contributed by atoms with E-state index in [1.54, 1.807) is 13.1 Å². The summed E-state index contributed by atoms with van der Waals surface area (Å²) in [6.45, 7) is 6.41. The first-order valence-electron chi connectivity index (χ1n) is 7.57. The summed E-state index contributed by atoms with van der Waals surface area (Å²) in [5.74, 6) is -0.297. The van der Waals surface area contributed by atoms with E-state index >= 15 is 0 Å². The molecular formula is C16H26FN3O. The molecule has 0 unspecified atom stereocenters. The Bertz CT molecular complexity index is 451. The molecule has 0 bridgehead atoms. The van der Waals surface area contributed by atoms with Crippen LogP contribution in [0.4, 0.5) is 10.1 Å². The number of carbonyl (C=O) groups is 1. The monoisotopic (exact) mass is 295 g/mol. The van der Waals surface area contributed by atoms with Gasteiger partial charge in [-0.2, -0.15) is 0 Å². The highest BCUT2D eigenvalue weighted by Gasteiger charge is 2.16. The molecule has 4 nitrogen and oxygen atoms in total. The molecular weight excluding hydrogens is 269 g/mol. The summed E-state index contributed by atoms with van der Waals surface area (Å²) < 4.78 is 14.1. The highest BCUT2D eigenvalue weighted by Crippen LogP contribution is 2.23. The number of nitrogens with zero attached hydrogens (tertiary/aromatic N) is 1. The minimum Gasteiger partial charge on any atom is -0.362 e. The molecule has 1 rings (SSSR count). The molecule has 21 heavy (non-hydrogen) atoms. The molecule has 1 aromatic carbocycles. The normalized spacial score (nSPS) is 10.5. The van der Waals surface area contributed by atoms with E-state index in [9.17, 15) is 9.18 Å². The van der Waals surface area contributed by atoms with Crippen LogP contribution in [0.5, 0.6) is 0 Å². The summed E-state index contributed by atoms with van der Waals surface area (Å²) in [6, 6.07) is 5.04. The fourth-order valence-electron chi connectivity index (χ4n) is 2.22. The van der Waals surface area contributed by atoms with E-state index < -0.39 is 0 Å². The van der Waals surface area contributed by atoms with Crippen molar-refractivity contribution in [2.75, 3.05) is 31.6 Å². The second kappa shape index (κ2) is 9.34. The Morgan fingerprint density at radius 2 is 2.05 bits per heavy atom. The van der Waals surface area contributed by atoms with E-state index in [1.807, 2.05) is 17.9 Å². The summed E-state index contributed by atoms with van der Waals surface area (Å²) >= 11 is 0. The number of hydrogen-bond acceptors (Lipinski definition) is 3. The first kappa shape index (κ1) is 17.4. The van der Waals surface area contributed by atoms with Gasteiger partial charge in [0, 0.05) is 31.4 Å². The van der Waals surface area contributed by atoms with Gasteiger partial charge in [-0.3, -0.25) is 4.79 Å². The van der Waals surface area contributed by atoms with E-state index in [-0.39, 0.29) is 18.3 Å². The second-order valence-electron chi connectivity index (χ2n) is 5.01. The predicted molar refractivity (Wildman–Crippen MR) is 85.0 cm³/mol. The summed E-state index contributed by atoms with van der Waals surface area (Å²) in [5.41, 5.74) is 1.42. The highest BCUT2D eigenvalue weighted by molar-refractivity contribution is 5.81. The molecule has 0 aliphatic heterocycles. The Morgan fingerprint density at radius 1 is 1.29 bits per heavy atom. The molecule has 0 spiro atoms. The van der Waals surface area contributed by atoms with Crippen LogP contribution in [-0.2, 0) is 11.3 Å². The van der Waals surface area contributed by atoms with Crippen LogP contribution in [0.25, 0.3) is 0 Å². The number of anilines is 1. The molecule has 1 amide bonds. The van der Waals surface area contributed by atoms with Gasteiger partial charge in [-0.05, 0) is 31.5 Å². The maximum absolute atomic E-state index is 14.1. The van der Waals surface area contributed by atoms with Gasteiger partial charge in [-0.1, -0.05) is 19.9 Å². The molecule has 1 aromatic rings. The largest absolute Gasteiger partial charge is 0.362 e. The molecule has 118 valence electrons. The summed E-state index contributed by atoms with van der Waals surface area (Å²) in [7, 11) is 1.61. The molecule has 0 aliphatic rings. The van der Waals surface area contributed by atoms with E-state index in [0.29, 0.717) is 12.1 Å². The van der Waals surface area contributed by atoms with Crippen LogP contribution in [0.2, 0.25) is 0 Å². The topological polar surface area (TPSA) is 44.4 Å². The van der Waals surface area contributed by atoms with E-state index in [4.69, 9.17) is 0 Å². The molecule has 5 heteroatoms. The zero-order chi connectivity index (χ0) is 15.7. The van der Waals surface area contributed by atoms with Crippen LogP contribution in [0, 0.1) is 5.82 Å². The van der Waals surface area contributed by atoms with Crippen LogP contribution < -0.4 is 15.5 Å². The highest BCUT2D eigenvalue weighted by atomic mass is 19.1. The summed E-state index contributed by atoms with van der Waals surface area (Å²) in [5, 5.41) is 5.85. The smallest absolute Gasteiger partial charge is 0.239 e. The number of rotatable bonds is 9. The van der Waals surface area contributed by atoms with Gasteiger partial charge >= 0.3 is 0 Å². The van der Waals surface area contributed by atoms with Crippen LogP contribution in [-0.4, -0.2) is 32.6 Å². The molecule has 0 aliphatic carbocycles. The molecule has 0 saturated heterocycles. The van der Waals surface area contributed by atoms with Crippen molar-refractivity contribution in [3.8, 4) is 0 Å². The standard InChI is InChI=1S/C16H26FN3O/c1-4-9-19-11-13-14(17)7-6-8-15(13)20(10-5-2)12-16(21)18-3/h6-8,19H,4-5,9-12H2,1-3H3,(H,18,21). The predicted octanol–water partition coefficient (Wildman–Crippen LogP) is 2.29. The van der Waals surface area contributed by atoms with Crippen molar-refractivity contribution in [2.24, 2.45) is 0 Å². The van der Waals surface area contributed by atoms with Crippen LogP contribution >= 0.6 is 0 Å². The minimum atomic E-state index is -0.228. The van der Waals surface area contributed by atoms with Crippen LogP contribution in [0.3, 0.4) is 0 Å². The average molecular weight is 295 g/mol. The maximum Gasteiger partial charge on any atom is 0.239 e. The van der Waals surface area contributed by atoms with Crippen molar-refractivity contribution >= 4 is 11.6 Å². The molecule has 0 aromatic heterocycles. The summed E-state index contributed by atoms with van der Waals surface area (Å²) in [6.07, 6.45) is 1.90. The Morgan fingerprint density at radius 3 is 2.67 bits per heavy atom. The fraction of sp³-hybridized carbons (Fsp3) is 0.562. The lowest BCUT2D eigenvalue weighted by molar-refractivity contribution is -0.119. The van der Waals surface area contributed by atoms with Crippen molar-refractivity contribution < 1.29 is 9.18 Å². The molecule has 0 saturated carbocycles. The Hall–Kier alpha value is -1.62. The third-order valence-electron chi connectivity index (χ3n) is 3.27. The van der Waals surface area contributed by atoms with Gasteiger partial charge in [-0.15, -0.1) is 0 Å². The number of amides is 1. The van der Waals surface area contributed by atoms with Crippen molar-refractivity contribution in [2.45, 2.75) is 33.2 Å². The Labute approximate surface area is 126 Å². The molecule has 0 heterocycles. The number of halogens is 1. The quantitative estimate of drug-likeness (QED) is 0.687. The Balaban J connectivity index is 2.99. The second-order valence-corrected chi connectivity index (χ2v) is 5.01. The van der Waals surface area contributed by atoms with Gasteiger partial charge in [0.25, 0.3) is 0 Å². The molecule has 2 N–H and O–H groups in total. The zero-order valence-corrected chi connectivity index (χ0v) is 13.2. The third-order valence-corrected chi connectivity index (χ3v) is 3.27. The Kier molecular flexibility index (Phi) is 7.75. The lowest BCUT2D eigenvalue weighted by atomic mass is 10.1. The molecule has 0 fully saturated rings. The van der Waals surface area contributed by atoms with Gasteiger partial charge in [0.05, 0.1) is 6.54 Å². The molecule has 0 radical (unpaired) electrons. The third kappa shape index (κ3) is 5.34. The van der Waals surface area contributed by atoms with Crippen LogP contribution in [0.15, 0.2) is 18.2 Å². The number of carbonyl (C=O) groups excluding carboxylic acids is 1. The fourth-order valence-corrected chi connectivity index (χ4v) is 2.22. The van der Waals surface area contributed by atoms with E-state index in [1.165, 1.54) is 6.07 Å². The van der Waals surface area contributed by atoms with Gasteiger partial charge in [0.15, 0.2) is 0 Å². The van der Waals surface area contributed by atoms with Crippen molar-refractivity contribution in [3.05, 3.63) is 29.6 Å². The van der Waals surface area contributed by atoms with Crippen LogP contribution in [0.1, 0.15) is 32.3 Å². The lowest BCUT2D eigenvalue weighted by Crippen LogP contribution is -2.37. The number of likely N-dealkylation sites (N-methyl/N-ethyl adjacent to an activating group) is 1. The van der Waals surface area contributed by atoms with Crippen molar-refractivity contribution in [1.82, 2.24) is 10.6 Å².